The molecule has 0 saturated carbocycles. The first-order valence-electron chi connectivity index (χ1n) is 3.90. The van der Waals surface area contributed by atoms with E-state index in [2.05, 4.69) is 14.2 Å². The van der Waals surface area contributed by atoms with Crippen molar-refractivity contribution in [3.05, 3.63) is 11.3 Å². The summed E-state index contributed by atoms with van der Waals surface area (Å²) in [6, 6.07) is 0. The van der Waals surface area contributed by atoms with E-state index in [0.29, 0.717) is 0 Å². The number of nitrogens with zero attached hydrogens (tertiary/aromatic N) is 1. The van der Waals surface area contributed by atoms with Crippen molar-refractivity contribution in [2.45, 2.75) is 32.1 Å². The first-order valence-corrected chi connectivity index (χ1v) is 4.48. The molecule has 1 aliphatic carbocycles. The SMILES string of the molecule is PC1=NC2=C(CCCC2)C1. The molecule has 2 heteroatoms. The molecule has 1 aliphatic heterocycles. The van der Waals surface area contributed by atoms with Gasteiger partial charge < -0.3 is 0 Å². The molecule has 0 aromatic carbocycles. The van der Waals surface area contributed by atoms with Crippen LogP contribution in [0.3, 0.4) is 0 Å². The highest BCUT2D eigenvalue weighted by atomic mass is 31.0. The minimum Gasteiger partial charge on any atom is -0.258 e. The van der Waals surface area contributed by atoms with Gasteiger partial charge in [-0.2, -0.15) is 0 Å². The van der Waals surface area contributed by atoms with Crippen LogP contribution in [-0.4, -0.2) is 5.45 Å². The van der Waals surface area contributed by atoms with Gasteiger partial charge in [0, 0.05) is 17.6 Å². The topological polar surface area (TPSA) is 12.4 Å². The van der Waals surface area contributed by atoms with Gasteiger partial charge in [-0.15, -0.1) is 0 Å². The summed E-state index contributed by atoms with van der Waals surface area (Å²) in [5.41, 5.74) is 4.25. The Balaban J connectivity index is 2.22. The van der Waals surface area contributed by atoms with Crippen LogP contribution < -0.4 is 0 Å². The van der Waals surface area contributed by atoms with Gasteiger partial charge in [0.2, 0.25) is 0 Å². The van der Waals surface area contributed by atoms with Crippen molar-refractivity contribution in [1.82, 2.24) is 0 Å². The van der Waals surface area contributed by atoms with Crippen molar-refractivity contribution in [3.8, 4) is 0 Å². The molecule has 0 fully saturated rings. The monoisotopic (exact) mass is 153 g/mol. The van der Waals surface area contributed by atoms with Crippen molar-refractivity contribution in [1.29, 1.82) is 0 Å². The fourth-order valence-corrected chi connectivity index (χ4v) is 2.11. The fraction of sp³-hybridized carbons (Fsp3) is 0.625. The van der Waals surface area contributed by atoms with E-state index in [4.69, 9.17) is 0 Å². The van der Waals surface area contributed by atoms with E-state index in [0.717, 1.165) is 6.42 Å². The smallest absolute Gasteiger partial charge is 0.0403 e. The Labute approximate surface area is 63.8 Å². The van der Waals surface area contributed by atoms with Crippen molar-refractivity contribution in [2.24, 2.45) is 4.99 Å². The molecule has 0 saturated heterocycles. The Hall–Kier alpha value is -0.160. The molecule has 0 spiro atoms. The van der Waals surface area contributed by atoms with Crippen LogP contribution in [0, 0.1) is 0 Å². The van der Waals surface area contributed by atoms with Crippen LogP contribution in [0.5, 0.6) is 0 Å². The minimum atomic E-state index is 1.14. The molecule has 1 nitrogen and oxygen atoms in total. The van der Waals surface area contributed by atoms with Gasteiger partial charge in [0.05, 0.1) is 0 Å². The molecule has 1 heterocycles. The normalized spacial score (nSPS) is 24.7. The highest BCUT2D eigenvalue weighted by Crippen LogP contribution is 2.33. The lowest BCUT2D eigenvalue weighted by Crippen LogP contribution is -1.93. The number of hydrogen-bond acceptors (Lipinski definition) is 1. The van der Waals surface area contributed by atoms with Crippen LogP contribution in [0.25, 0.3) is 0 Å². The molecule has 0 bridgehead atoms. The summed E-state index contributed by atoms with van der Waals surface area (Å²) >= 11 is 0. The number of allylic oxidation sites excluding steroid dienone is 2. The highest BCUT2D eigenvalue weighted by Gasteiger charge is 2.17. The molecular formula is C8H12NP. The summed E-state index contributed by atoms with van der Waals surface area (Å²) in [5, 5.41) is 0. The summed E-state index contributed by atoms with van der Waals surface area (Å²) in [4.78, 5) is 4.47. The van der Waals surface area contributed by atoms with Gasteiger partial charge in [0.15, 0.2) is 0 Å². The van der Waals surface area contributed by atoms with E-state index in [1.165, 1.54) is 36.8 Å². The molecule has 0 amide bonds. The zero-order valence-corrected chi connectivity index (χ0v) is 7.21. The average molecular weight is 153 g/mol. The van der Waals surface area contributed by atoms with Gasteiger partial charge in [-0.25, -0.2) is 0 Å². The summed E-state index contributed by atoms with van der Waals surface area (Å²) in [7, 11) is 2.71. The summed E-state index contributed by atoms with van der Waals surface area (Å²) in [6.45, 7) is 0. The Morgan fingerprint density at radius 1 is 1.20 bits per heavy atom. The van der Waals surface area contributed by atoms with Crippen molar-refractivity contribution < 1.29 is 0 Å². The van der Waals surface area contributed by atoms with E-state index in [1.807, 2.05) is 0 Å². The van der Waals surface area contributed by atoms with Gasteiger partial charge in [-0.05, 0) is 31.3 Å². The van der Waals surface area contributed by atoms with Crippen LogP contribution in [-0.2, 0) is 0 Å². The molecule has 1 unspecified atom stereocenters. The molecule has 54 valence electrons. The molecule has 0 radical (unpaired) electrons. The van der Waals surface area contributed by atoms with Crippen LogP contribution in [0.15, 0.2) is 16.3 Å². The van der Waals surface area contributed by atoms with Crippen LogP contribution in [0.1, 0.15) is 32.1 Å². The standard InChI is InChI=1S/C8H12NP/c10-8-5-6-3-1-2-4-7(6)9-8/h1-5,10H2. The van der Waals surface area contributed by atoms with Gasteiger partial charge in [0.1, 0.15) is 0 Å². The Morgan fingerprint density at radius 3 is 2.80 bits per heavy atom. The van der Waals surface area contributed by atoms with Crippen molar-refractivity contribution in [2.75, 3.05) is 0 Å². The van der Waals surface area contributed by atoms with E-state index in [-0.39, 0.29) is 0 Å². The third-order valence-corrected chi connectivity index (χ3v) is 2.56. The predicted molar refractivity (Wildman–Crippen MR) is 47.3 cm³/mol. The summed E-state index contributed by atoms with van der Waals surface area (Å²) in [6.07, 6.45) is 6.40. The lowest BCUT2D eigenvalue weighted by molar-refractivity contribution is 0.670. The second-order valence-electron chi connectivity index (χ2n) is 3.04. The second-order valence-corrected chi connectivity index (χ2v) is 3.70. The predicted octanol–water partition coefficient (Wildman–Crippen LogP) is 2.49. The first kappa shape index (κ1) is 6.54. The Kier molecular flexibility index (Phi) is 1.61. The molecule has 1 atom stereocenters. The van der Waals surface area contributed by atoms with Crippen molar-refractivity contribution in [3.63, 3.8) is 0 Å². The zero-order valence-electron chi connectivity index (χ0n) is 6.06. The molecule has 2 aliphatic rings. The van der Waals surface area contributed by atoms with Crippen LogP contribution in [0.4, 0.5) is 0 Å². The van der Waals surface area contributed by atoms with Crippen LogP contribution >= 0.6 is 9.24 Å². The summed E-state index contributed by atoms with van der Waals surface area (Å²) in [5.74, 6) is 0. The molecule has 0 N–H and O–H groups in total. The second kappa shape index (κ2) is 2.47. The van der Waals surface area contributed by atoms with E-state index < -0.39 is 0 Å². The molecular weight excluding hydrogens is 141 g/mol. The van der Waals surface area contributed by atoms with E-state index in [9.17, 15) is 0 Å². The van der Waals surface area contributed by atoms with Crippen LogP contribution in [0.2, 0.25) is 0 Å². The Bertz CT molecular complexity index is 215. The van der Waals surface area contributed by atoms with Gasteiger partial charge in [0.25, 0.3) is 0 Å². The minimum absolute atomic E-state index is 1.14. The third-order valence-electron chi connectivity index (χ3n) is 2.22. The Morgan fingerprint density at radius 2 is 2.00 bits per heavy atom. The molecule has 10 heavy (non-hydrogen) atoms. The van der Waals surface area contributed by atoms with E-state index >= 15 is 0 Å². The fourth-order valence-electron chi connectivity index (χ4n) is 1.71. The maximum Gasteiger partial charge on any atom is 0.0403 e. The van der Waals surface area contributed by atoms with Gasteiger partial charge in [-0.3, -0.25) is 4.99 Å². The highest BCUT2D eigenvalue weighted by molar-refractivity contribution is 7.40. The lowest BCUT2D eigenvalue weighted by atomic mass is 9.96. The maximum atomic E-state index is 4.47. The van der Waals surface area contributed by atoms with Gasteiger partial charge in [-0.1, -0.05) is 9.24 Å². The van der Waals surface area contributed by atoms with E-state index in [1.54, 1.807) is 5.57 Å². The maximum absolute atomic E-state index is 4.47. The lowest BCUT2D eigenvalue weighted by Gasteiger charge is -2.10. The van der Waals surface area contributed by atoms with Crippen molar-refractivity contribution >= 4 is 14.7 Å². The number of aliphatic imine (C=N–C) groups is 1. The number of rotatable bonds is 0. The quantitative estimate of drug-likeness (QED) is 0.474. The molecule has 0 aromatic rings. The zero-order chi connectivity index (χ0) is 6.97. The third kappa shape index (κ3) is 1.03. The van der Waals surface area contributed by atoms with Gasteiger partial charge >= 0.3 is 0 Å². The number of hydrogen-bond donors (Lipinski definition) is 0. The largest absolute Gasteiger partial charge is 0.258 e. The average Bonchev–Trinajstić information content (AvgIpc) is 2.27. The summed E-state index contributed by atoms with van der Waals surface area (Å²) < 4.78 is 0. The first-order chi connectivity index (χ1) is 4.86. The molecule has 2 rings (SSSR count). The molecule has 0 aromatic heterocycles.